The van der Waals surface area contributed by atoms with Crippen molar-refractivity contribution >= 4 is 0 Å². The first-order chi connectivity index (χ1) is 8.52. The van der Waals surface area contributed by atoms with Crippen LogP contribution in [0.25, 0.3) is 0 Å². The van der Waals surface area contributed by atoms with E-state index in [1.807, 2.05) is 11.7 Å². The Hall–Kier alpha value is -0.870. The largest absolute Gasteiger partial charge is 0.327 e. The first-order valence-corrected chi connectivity index (χ1v) is 7.00. The molecule has 2 unspecified atom stereocenters. The van der Waals surface area contributed by atoms with Crippen molar-refractivity contribution in [2.24, 2.45) is 18.7 Å². The lowest BCUT2D eigenvalue weighted by Gasteiger charge is -2.36. The van der Waals surface area contributed by atoms with Gasteiger partial charge in [-0.15, -0.1) is 0 Å². The van der Waals surface area contributed by atoms with Crippen LogP contribution in [0.4, 0.5) is 0 Å². The molecule has 18 heavy (non-hydrogen) atoms. The SMILES string of the molecule is CCC1CN(Cc2c(C)nn(C)c2C)CCC1N. The van der Waals surface area contributed by atoms with Crippen LogP contribution in [0.1, 0.15) is 36.7 Å². The number of piperidine rings is 1. The molecule has 0 radical (unpaired) electrons. The smallest absolute Gasteiger partial charge is 0.0641 e. The second kappa shape index (κ2) is 5.41. The third-order valence-electron chi connectivity index (χ3n) is 4.44. The maximum atomic E-state index is 6.17. The Morgan fingerprint density at radius 2 is 2.11 bits per heavy atom. The molecule has 2 N–H and O–H groups in total. The van der Waals surface area contributed by atoms with E-state index in [9.17, 15) is 0 Å². The van der Waals surface area contributed by atoms with Gasteiger partial charge in [-0.3, -0.25) is 9.58 Å². The van der Waals surface area contributed by atoms with Crippen molar-refractivity contribution in [3.8, 4) is 0 Å². The molecular formula is C14H26N4. The monoisotopic (exact) mass is 250 g/mol. The maximum Gasteiger partial charge on any atom is 0.0641 e. The van der Waals surface area contributed by atoms with Crippen molar-refractivity contribution in [3.63, 3.8) is 0 Å². The molecule has 2 rings (SSSR count). The van der Waals surface area contributed by atoms with Gasteiger partial charge < -0.3 is 5.73 Å². The van der Waals surface area contributed by atoms with Crippen LogP contribution >= 0.6 is 0 Å². The van der Waals surface area contributed by atoms with Gasteiger partial charge in [0.2, 0.25) is 0 Å². The van der Waals surface area contributed by atoms with E-state index < -0.39 is 0 Å². The Labute approximate surface area is 110 Å². The molecule has 2 atom stereocenters. The Kier molecular flexibility index (Phi) is 4.07. The highest BCUT2D eigenvalue weighted by Crippen LogP contribution is 2.22. The number of hydrogen-bond acceptors (Lipinski definition) is 3. The van der Waals surface area contributed by atoms with Crippen LogP contribution in [0.2, 0.25) is 0 Å². The Balaban J connectivity index is 2.05. The molecule has 0 aromatic carbocycles. The molecule has 1 aromatic heterocycles. The van der Waals surface area contributed by atoms with Crippen LogP contribution in [0.3, 0.4) is 0 Å². The molecule has 1 aliphatic rings. The number of rotatable bonds is 3. The third kappa shape index (κ3) is 2.59. The van der Waals surface area contributed by atoms with Crippen molar-refractivity contribution < 1.29 is 0 Å². The number of aryl methyl sites for hydroxylation is 2. The van der Waals surface area contributed by atoms with E-state index >= 15 is 0 Å². The average molecular weight is 250 g/mol. The highest BCUT2D eigenvalue weighted by Gasteiger charge is 2.26. The third-order valence-corrected chi connectivity index (χ3v) is 4.44. The summed E-state index contributed by atoms with van der Waals surface area (Å²) in [6.07, 6.45) is 2.31. The van der Waals surface area contributed by atoms with Crippen LogP contribution in [0.15, 0.2) is 0 Å². The highest BCUT2D eigenvalue weighted by molar-refractivity contribution is 5.24. The standard InChI is InChI=1S/C14H26N4/c1-5-12-8-18(7-6-14(12)15)9-13-10(2)16-17(4)11(13)3/h12,14H,5-9,15H2,1-4H3. The topological polar surface area (TPSA) is 47.1 Å². The first-order valence-electron chi connectivity index (χ1n) is 7.00. The molecule has 0 amide bonds. The molecule has 2 heterocycles. The molecule has 0 saturated carbocycles. The number of aromatic nitrogens is 2. The Bertz CT molecular complexity index is 410. The van der Waals surface area contributed by atoms with Gasteiger partial charge in [-0.1, -0.05) is 13.3 Å². The lowest BCUT2D eigenvalue weighted by molar-refractivity contribution is 0.145. The van der Waals surface area contributed by atoms with Gasteiger partial charge >= 0.3 is 0 Å². The minimum Gasteiger partial charge on any atom is -0.327 e. The zero-order valence-electron chi connectivity index (χ0n) is 12.1. The van der Waals surface area contributed by atoms with Crippen molar-refractivity contribution in [2.45, 2.75) is 46.2 Å². The van der Waals surface area contributed by atoms with E-state index in [2.05, 4.69) is 30.8 Å². The Morgan fingerprint density at radius 3 is 2.67 bits per heavy atom. The summed E-state index contributed by atoms with van der Waals surface area (Å²) in [5.74, 6) is 0.649. The number of nitrogens with two attached hydrogens (primary N) is 1. The van der Waals surface area contributed by atoms with Crippen LogP contribution in [-0.4, -0.2) is 33.8 Å². The zero-order valence-corrected chi connectivity index (χ0v) is 12.1. The van der Waals surface area contributed by atoms with Crippen molar-refractivity contribution in [1.82, 2.24) is 14.7 Å². The lowest BCUT2D eigenvalue weighted by Crippen LogP contribution is -2.46. The van der Waals surface area contributed by atoms with Gasteiger partial charge in [-0.05, 0) is 32.7 Å². The summed E-state index contributed by atoms with van der Waals surface area (Å²) in [5, 5.41) is 4.50. The number of likely N-dealkylation sites (tertiary alicyclic amines) is 1. The predicted octanol–water partition coefficient (Wildman–Crippen LogP) is 1.60. The summed E-state index contributed by atoms with van der Waals surface area (Å²) < 4.78 is 1.98. The molecule has 1 aliphatic heterocycles. The van der Waals surface area contributed by atoms with Crippen molar-refractivity contribution in [2.75, 3.05) is 13.1 Å². The summed E-state index contributed by atoms with van der Waals surface area (Å²) in [7, 11) is 2.02. The molecule has 0 bridgehead atoms. The quantitative estimate of drug-likeness (QED) is 0.886. The van der Waals surface area contributed by atoms with Crippen LogP contribution in [-0.2, 0) is 13.6 Å². The van der Waals surface area contributed by atoms with Crippen LogP contribution < -0.4 is 5.73 Å². The second-order valence-corrected chi connectivity index (χ2v) is 5.63. The van der Waals surface area contributed by atoms with Gasteiger partial charge in [0.25, 0.3) is 0 Å². The van der Waals surface area contributed by atoms with E-state index in [4.69, 9.17) is 5.73 Å². The van der Waals surface area contributed by atoms with Gasteiger partial charge in [-0.25, -0.2) is 0 Å². The molecule has 102 valence electrons. The van der Waals surface area contributed by atoms with Gasteiger partial charge in [0.1, 0.15) is 0 Å². The summed E-state index contributed by atoms with van der Waals surface area (Å²) in [6, 6.07) is 0.391. The molecule has 1 fully saturated rings. The van der Waals surface area contributed by atoms with Crippen molar-refractivity contribution in [1.29, 1.82) is 0 Å². The predicted molar refractivity (Wildman–Crippen MR) is 74.3 cm³/mol. The fourth-order valence-corrected chi connectivity index (χ4v) is 2.97. The summed E-state index contributed by atoms with van der Waals surface area (Å²) in [5.41, 5.74) is 10.0. The van der Waals surface area contributed by atoms with E-state index in [0.29, 0.717) is 12.0 Å². The summed E-state index contributed by atoms with van der Waals surface area (Å²) in [4.78, 5) is 2.54. The molecule has 0 aliphatic carbocycles. The van der Waals surface area contributed by atoms with E-state index in [0.717, 1.165) is 31.7 Å². The van der Waals surface area contributed by atoms with Gasteiger partial charge in [0, 0.05) is 37.4 Å². The Morgan fingerprint density at radius 1 is 1.39 bits per heavy atom. The molecule has 1 aromatic rings. The molecule has 4 nitrogen and oxygen atoms in total. The van der Waals surface area contributed by atoms with E-state index in [-0.39, 0.29) is 0 Å². The van der Waals surface area contributed by atoms with Gasteiger partial charge in [0.05, 0.1) is 5.69 Å². The minimum atomic E-state index is 0.391. The molecular weight excluding hydrogens is 224 g/mol. The zero-order chi connectivity index (χ0) is 13.3. The number of nitrogens with zero attached hydrogens (tertiary/aromatic N) is 3. The lowest BCUT2D eigenvalue weighted by atomic mass is 9.90. The maximum absolute atomic E-state index is 6.17. The highest BCUT2D eigenvalue weighted by atomic mass is 15.3. The van der Waals surface area contributed by atoms with E-state index in [1.165, 1.54) is 17.7 Å². The summed E-state index contributed by atoms with van der Waals surface area (Å²) >= 11 is 0. The number of hydrogen-bond donors (Lipinski definition) is 1. The van der Waals surface area contributed by atoms with Crippen LogP contribution in [0, 0.1) is 19.8 Å². The first kappa shape index (κ1) is 13.6. The van der Waals surface area contributed by atoms with Gasteiger partial charge in [-0.2, -0.15) is 5.10 Å². The van der Waals surface area contributed by atoms with Crippen molar-refractivity contribution in [3.05, 3.63) is 17.0 Å². The summed E-state index contributed by atoms with van der Waals surface area (Å²) in [6.45, 7) is 9.78. The van der Waals surface area contributed by atoms with E-state index in [1.54, 1.807) is 0 Å². The average Bonchev–Trinajstić information content (AvgIpc) is 2.58. The molecule has 0 spiro atoms. The second-order valence-electron chi connectivity index (χ2n) is 5.63. The minimum absolute atomic E-state index is 0.391. The fraction of sp³-hybridized carbons (Fsp3) is 0.786. The molecule has 1 saturated heterocycles. The van der Waals surface area contributed by atoms with Gasteiger partial charge in [0.15, 0.2) is 0 Å². The fourth-order valence-electron chi connectivity index (χ4n) is 2.97. The van der Waals surface area contributed by atoms with Crippen LogP contribution in [0.5, 0.6) is 0 Å². The molecule has 4 heteroatoms. The normalized spacial score (nSPS) is 25.6.